The summed E-state index contributed by atoms with van der Waals surface area (Å²) in [7, 11) is 3.47. The molecule has 1 aromatic carbocycles. The molecule has 0 saturated carbocycles. The van der Waals surface area contributed by atoms with Crippen molar-refractivity contribution in [2.24, 2.45) is 10.9 Å². The van der Waals surface area contributed by atoms with Gasteiger partial charge in [0.1, 0.15) is 0 Å². The number of guanidine groups is 1. The minimum atomic E-state index is 0.637. The van der Waals surface area contributed by atoms with Gasteiger partial charge in [0, 0.05) is 26.2 Å². The highest BCUT2D eigenvalue weighted by atomic mass is 16.5. The Morgan fingerprint density at radius 1 is 1.24 bits per heavy atom. The van der Waals surface area contributed by atoms with Crippen LogP contribution in [-0.2, 0) is 13.0 Å². The molecule has 2 aromatic rings. The first-order valence-electron chi connectivity index (χ1n) is 8.78. The number of aliphatic imine (C=N–C) groups is 1. The van der Waals surface area contributed by atoms with Crippen LogP contribution in [0.1, 0.15) is 17.7 Å². The molecule has 0 amide bonds. The molecule has 2 heterocycles. The fraction of sp³-hybridized carbons (Fsp3) is 0.400. The van der Waals surface area contributed by atoms with Crippen LogP contribution in [0.25, 0.3) is 0 Å². The number of rotatable bonds is 5. The lowest BCUT2D eigenvalue weighted by Crippen LogP contribution is -2.39. The van der Waals surface area contributed by atoms with Crippen molar-refractivity contribution in [3.8, 4) is 5.88 Å². The zero-order valence-electron chi connectivity index (χ0n) is 15.0. The maximum atomic E-state index is 5.18. The van der Waals surface area contributed by atoms with Crippen molar-refractivity contribution in [3.63, 3.8) is 0 Å². The molecule has 25 heavy (non-hydrogen) atoms. The highest BCUT2D eigenvalue weighted by Gasteiger charge is 2.24. The van der Waals surface area contributed by atoms with E-state index in [4.69, 9.17) is 4.74 Å². The Hall–Kier alpha value is -2.56. The lowest BCUT2D eigenvalue weighted by atomic mass is 9.99. The molecule has 1 fully saturated rings. The van der Waals surface area contributed by atoms with Crippen LogP contribution in [0.3, 0.4) is 0 Å². The van der Waals surface area contributed by atoms with E-state index >= 15 is 0 Å². The zero-order chi connectivity index (χ0) is 17.5. The second kappa shape index (κ2) is 8.51. The lowest BCUT2D eigenvalue weighted by molar-refractivity contribution is 0.396. The van der Waals surface area contributed by atoms with Crippen molar-refractivity contribution in [1.29, 1.82) is 0 Å². The van der Waals surface area contributed by atoms with Crippen LogP contribution in [0.5, 0.6) is 5.88 Å². The van der Waals surface area contributed by atoms with Gasteiger partial charge in [-0.1, -0.05) is 36.4 Å². The fourth-order valence-corrected chi connectivity index (χ4v) is 3.31. The minimum Gasteiger partial charge on any atom is -0.481 e. The Labute approximate surface area is 149 Å². The molecule has 1 aliphatic heterocycles. The second-order valence-electron chi connectivity index (χ2n) is 6.36. The summed E-state index contributed by atoms with van der Waals surface area (Å²) in [4.78, 5) is 11.2. The van der Waals surface area contributed by atoms with Gasteiger partial charge in [-0.3, -0.25) is 4.99 Å². The van der Waals surface area contributed by atoms with Gasteiger partial charge in [-0.15, -0.1) is 0 Å². The van der Waals surface area contributed by atoms with E-state index in [1.807, 2.05) is 25.2 Å². The molecule has 132 valence electrons. The van der Waals surface area contributed by atoms with Crippen LogP contribution in [0, 0.1) is 5.92 Å². The average molecular weight is 338 g/mol. The first-order valence-corrected chi connectivity index (χ1v) is 8.78. The summed E-state index contributed by atoms with van der Waals surface area (Å²) in [6.45, 7) is 2.73. The molecule has 3 rings (SSSR count). The number of hydrogen-bond donors (Lipinski definition) is 1. The largest absolute Gasteiger partial charge is 0.481 e. The smallest absolute Gasteiger partial charge is 0.213 e. The topological polar surface area (TPSA) is 49.8 Å². The van der Waals surface area contributed by atoms with E-state index < -0.39 is 0 Å². The van der Waals surface area contributed by atoms with Gasteiger partial charge in [0.15, 0.2) is 5.96 Å². The Kier molecular flexibility index (Phi) is 5.88. The summed E-state index contributed by atoms with van der Waals surface area (Å²) in [6.07, 6.45) is 2.33. The number of methoxy groups -OCH3 is 1. The fourth-order valence-electron chi connectivity index (χ4n) is 3.31. The number of aromatic nitrogens is 1. The van der Waals surface area contributed by atoms with Gasteiger partial charge in [0.25, 0.3) is 0 Å². The molecule has 5 heteroatoms. The maximum Gasteiger partial charge on any atom is 0.213 e. The van der Waals surface area contributed by atoms with Crippen LogP contribution in [-0.4, -0.2) is 43.1 Å². The average Bonchev–Trinajstić information content (AvgIpc) is 3.11. The normalized spacial score (nSPS) is 17.6. The van der Waals surface area contributed by atoms with Gasteiger partial charge in [0.2, 0.25) is 5.88 Å². The van der Waals surface area contributed by atoms with E-state index in [9.17, 15) is 0 Å². The molecule has 0 spiro atoms. The van der Waals surface area contributed by atoms with E-state index in [0.29, 0.717) is 18.3 Å². The van der Waals surface area contributed by atoms with Crippen LogP contribution < -0.4 is 10.1 Å². The Morgan fingerprint density at radius 3 is 2.84 bits per heavy atom. The number of ether oxygens (including phenoxy) is 1. The summed E-state index contributed by atoms with van der Waals surface area (Å²) in [5, 5.41) is 3.42. The van der Waals surface area contributed by atoms with Gasteiger partial charge < -0.3 is 15.0 Å². The molecule has 1 atom stereocenters. The van der Waals surface area contributed by atoms with Crippen molar-refractivity contribution in [3.05, 3.63) is 59.8 Å². The van der Waals surface area contributed by atoms with Crippen LogP contribution in [0.15, 0.2) is 53.5 Å². The van der Waals surface area contributed by atoms with Gasteiger partial charge in [-0.25, -0.2) is 4.98 Å². The van der Waals surface area contributed by atoms with Crippen molar-refractivity contribution in [2.75, 3.05) is 27.2 Å². The Balaban J connectivity index is 1.53. The van der Waals surface area contributed by atoms with Crippen molar-refractivity contribution >= 4 is 5.96 Å². The molecule has 1 unspecified atom stereocenters. The first kappa shape index (κ1) is 17.3. The number of benzene rings is 1. The summed E-state index contributed by atoms with van der Waals surface area (Å²) in [5.74, 6) is 2.26. The minimum absolute atomic E-state index is 0.637. The Bertz CT molecular complexity index is 702. The quantitative estimate of drug-likeness (QED) is 0.673. The second-order valence-corrected chi connectivity index (χ2v) is 6.36. The monoisotopic (exact) mass is 338 g/mol. The highest BCUT2D eigenvalue weighted by molar-refractivity contribution is 5.80. The third-order valence-corrected chi connectivity index (χ3v) is 4.58. The van der Waals surface area contributed by atoms with Crippen LogP contribution in [0.4, 0.5) is 0 Å². The molecule has 0 radical (unpaired) electrons. The van der Waals surface area contributed by atoms with Gasteiger partial charge in [-0.05, 0) is 30.4 Å². The van der Waals surface area contributed by atoms with Gasteiger partial charge >= 0.3 is 0 Å². The summed E-state index contributed by atoms with van der Waals surface area (Å²) in [6, 6.07) is 16.5. The number of nitrogens with zero attached hydrogens (tertiary/aromatic N) is 3. The van der Waals surface area contributed by atoms with Crippen LogP contribution in [0.2, 0.25) is 0 Å². The molecule has 1 aromatic heterocycles. The third kappa shape index (κ3) is 4.72. The zero-order valence-corrected chi connectivity index (χ0v) is 15.0. The van der Waals surface area contributed by atoms with Crippen molar-refractivity contribution < 1.29 is 4.74 Å². The molecule has 1 N–H and O–H groups in total. The molecular weight excluding hydrogens is 312 g/mol. The molecule has 1 aliphatic rings. The van der Waals surface area contributed by atoms with Crippen molar-refractivity contribution in [1.82, 2.24) is 15.2 Å². The van der Waals surface area contributed by atoms with E-state index in [1.54, 1.807) is 7.11 Å². The summed E-state index contributed by atoms with van der Waals surface area (Å²) >= 11 is 0. The van der Waals surface area contributed by atoms with E-state index in [0.717, 1.165) is 31.2 Å². The molecule has 0 bridgehead atoms. The third-order valence-electron chi connectivity index (χ3n) is 4.58. The van der Waals surface area contributed by atoms with E-state index in [1.165, 1.54) is 12.0 Å². The first-order chi connectivity index (χ1) is 12.3. The summed E-state index contributed by atoms with van der Waals surface area (Å²) in [5.41, 5.74) is 2.36. The van der Waals surface area contributed by atoms with Gasteiger partial charge in [-0.2, -0.15) is 0 Å². The predicted molar refractivity (Wildman–Crippen MR) is 101 cm³/mol. The number of likely N-dealkylation sites (tertiary alicyclic amines) is 1. The standard InChI is InChI=1S/C20H26N4O/c1-21-20(22-14-18-9-6-10-19(23-18)25-2)24-12-11-17(15-24)13-16-7-4-3-5-8-16/h3-10,17H,11-15H2,1-2H3,(H,21,22). The molecule has 0 aliphatic carbocycles. The summed E-state index contributed by atoms with van der Waals surface area (Å²) < 4.78 is 5.18. The van der Waals surface area contributed by atoms with E-state index in [-0.39, 0.29) is 0 Å². The van der Waals surface area contributed by atoms with Crippen molar-refractivity contribution in [2.45, 2.75) is 19.4 Å². The Morgan fingerprint density at radius 2 is 2.08 bits per heavy atom. The number of nitrogens with one attached hydrogen (secondary N) is 1. The highest BCUT2D eigenvalue weighted by Crippen LogP contribution is 2.21. The molecule has 1 saturated heterocycles. The van der Waals surface area contributed by atoms with E-state index in [2.05, 4.69) is 50.5 Å². The molecule has 5 nitrogen and oxygen atoms in total. The van der Waals surface area contributed by atoms with Crippen LogP contribution >= 0.6 is 0 Å². The maximum absolute atomic E-state index is 5.18. The van der Waals surface area contributed by atoms with Gasteiger partial charge in [0.05, 0.1) is 19.3 Å². The number of hydrogen-bond acceptors (Lipinski definition) is 3. The number of pyridine rings is 1. The predicted octanol–water partition coefficient (Wildman–Crippen LogP) is 2.73. The lowest BCUT2D eigenvalue weighted by Gasteiger charge is -2.21. The molecular formula is C20H26N4O. The SMILES string of the molecule is CN=C(NCc1cccc(OC)n1)N1CCC(Cc2ccccc2)C1.